The maximum absolute atomic E-state index is 11.9. The van der Waals surface area contributed by atoms with Crippen LogP contribution in [0, 0.1) is 24.0 Å². The van der Waals surface area contributed by atoms with Crippen LogP contribution in [0.5, 0.6) is 5.75 Å². The van der Waals surface area contributed by atoms with Gasteiger partial charge in [-0.3, -0.25) is 14.5 Å². The molecule has 0 N–H and O–H groups in total. The number of esters is 1. The lowest BCUT2D eigenvalue weighted by molar-refractivity contribution is -0.384. The van der Waals surface area contributed by atoms with E-state index in [1.54, 1.807) is 17.4 Å². The number of hydrogen-bond donors (Lipinski definition) is 0. The zero-order valence-electron chi connectivity index (χ0n) is 12.9. The van der Waals surface area contributed by atoms with Gasteiger partial charge in [0.2, 0.25) is 0 Å². The number of nitrogens with zero attached hydrogens (tertiary/aromatic N) is 3. The number of aryl methyl sites for hydroxylation is 2. The van der Waals surface area contributed by atoms with Crippen LogP contribution < -0.4 is 4.74 Å². The van der Waals surface area contributed by atoms with E-state index in [-0.39, 0.29) is 11.4 Å². The number of carbonyl (C=O) groups excluding carboxylic acids is 1. The minimum atomic E-state index is -0.614. The van der Waals surface area contributed by atoms with E-state index >= 15 is 0 Å². The van der Waals surface area contributed by atoms with Gasteiger partial charge in [-0.1, -0.05) is 6.07 Å². The maximum Gasteiger partial charge on any atom is 0.336 e. The fourth-order valence-corrected chi connectivity index (χ4v) is 3.12. The van der Waals surface area contributed by atoms with Crippen LogP contribution in [0.25, 0.3) is 11.0 Å². The second-order valence-corrected chi connectivity index (χ2v) is 6.30. The van der Waals surface area contributed by atoms with Gasteiger partial charge in [-0.25, -0.2) is 9.78 Å². The first-order chi connectivity index (χ1) is 11.4. The van der Waals surface area contributed by atoms with Crippen LogP contribution in [0.1, 0.15) is 16.3 Å². The van der Waals surface area contributed by atoms with E-state index in [1.807, 2.05) is 24.4 Å². The summed E-state index contributed by atoms with van der Waals surface area (Å²) in [4.78, 5) is 28.5. The summed E-state index contributed by atoms with van der Waals surface area (Å²) in [5.74, 6) is -0.489. The minimum Gasteiger partial charge on any atom is -0.423 e. The first kappa shape index (κ1) is 15.9. The first-order valence-electron chi connectivity index (χ1n) is 7.03. The number of fused-ring (bicyclic) bond motifs is 1. The molecule has 0 amide bonds. The summed E-state index contributed by atoms with van der Waals surface area (Å²) in [5, 5.41) is 10.7. The van der Waals surface area contributed by atoms with Crippen molar-refractivity contribution in [1.29, 1.82) is 0 Å². The molecule has 8 heteroatoms. The van der Waals surface area contributed by atoms with Crippen molar-refractivity contribution in [3.63, 3.8) is 0 Å². The van der Waals surface area contributed by atoms with Crippen molar-refractivity contribution in [2.24, 2.45) is 0 Å². The lowest BCUT2D eigenvalue weighted by Gasteiger charge is -2.00. The number of benzene rings is 1. The molecular weight excluding hydrogens is 330 g/mol. The highest BCUT2D eigenvalue weighted by molar-refractivity contribution is 7.17. The maximum atomic E-state index is 11.9. The van der Waals surface area contributed by atoms with E-state index in [0.717, 1.165) is 21.2 Å². The van der Waals surface area contributed by atoms with Gasteiger partial charge in [0.15, 0.2) is 4.96 Å². The molecule has 1 aromatic carbocycles. The Balaban J connectivity index is 1.78. The molecule has 2 heterocycles. The fraction of sp³-hybridized carbons (Fsp3) is 0.125. The normalized spacial score (nSPS) is 11.2. The van der Waals surface area contributed by atoms with E-state index < -0.39 is 10.9 Å². The number of thiazole rings is 1. The molecule has 3 rings (SSSR count). The van der Waals surface area contributed by atoms with Crippen molar-refractivity contribution < 1.29 is 14.5 Å². The number of non-ortho nitro benzene ring substituents is 1. The molecule has 122 valence electrons. The molecule has 24 heavy (non-hydrogen) atoms. The van der Waals surface area contributed by atoms with E-state index in [2.05, 4.69) is 4.98 Å². The highest BCUT2D eigenvalue weighted by Crippen LogP contribution is 2.22. The molecule has 2 aromatic heterocycles. The SMILES string of the molecule is Cc1cn2c(C=CC(=O)Oc3cccc([N+](=O)[O-])c3)c(C)nc2s1. The lowest BCUT2D eigenvalue weighted by atomic mass is 10.3. The Morgan fingerprint density at radius 2 is 2.21 bits per heavy atom. The lowest BCUT2D eigenvalue weighted by Crippen LogP contribution is -2.04. The molecule has 0 aliphatic heterocycles. The largest absolute Gasteiger partial charge is 0.423 e. The average Bonchev–Trinajstić information content (AvgIpc) is 3.00. The zero-order valence-corrected chi connectivity index (χ0v) is 13.7. The Morgan fingerprint density at radius 3 is 2.96 bits per heavy atom. The van der Waals surface area contributed by atoms with Crippen molar-refractivity contribution >= 4 is 34.0 Å². The highest BCUT2D eigenvalue weighted by Gasteiger charge is 2.11. The predicted octanol–water partition coefficient (Wildman–Crippen LogP) is 3.54. The van der Waals surface area contributed by atoms with Gasteiger partial charge >= 0.3 is 5.97 Å². The number of imidazole rings is 1. The Hall–Kier alpha value is -3.00. The Kier molecular flexibility index (Phi) is 4.13. The van der Waals surface area contributed by atoms with Crippen LogP contribution in [-0.2, 0) is 4.79 Å². The van der Waals surface area contributed by atoms with Crippen LogP contribution in [0.2, 0.25) is 0 Å². The van der Waals surface area contributed by atoms with E-state index in [9.17, 15) is 14.9 Å². The molecule has 3 aromatic rings. The summed E-state index contributed by atoms with van der Waals surface area (Å²) in [6, 6.07) is 5.49. The van der Waals surface area contributed by atoms with Gasteiger partial charge < -0.3 is 4.74 Å². The molecule has 0 radical (unpaired) electrons. The summed E-state index contributed by atoms with van der Waals surface area (Å²) >= 11 is 1.57. The van der Waals surface area contributed by atoms with Crippen LogP contribution in [0.4, 0.5) is 5.69 Å². The molecule has 0 atom stereocenters. The van der Waals surface area contributed by atoms with Gasteiger partial charge in [0.25, 0.3) is 5.69 Å². The molecule has 0 saturated carbocycles. The Labute approximate surface area is 141 Å². The quantitative estimate of drug-likeness (QED) is 0.238. The summed E-state index contributed by atoms with van der Waals surface area (Å²) in [5.41, 5.74) is 1.47. The summed E-state index contributed by atoms with van der Waals surface area (Å²) in [7, 11) is 0. The molecule has 0 aliphatic rings. The molecule has 0 fully saturated rings. The second kappa shape index (κ2) is 6.25. The highest BCUT2D eigenvalue weighted by atomic mass is 32.1. The molecule has 0 aliphatic carbocycles. The van der Waals surface area contributed by atoms with Crippen LogP contribution in [0.3, 0.4) is 0 Å². The second-order valence-electron chi connectivity index (χ2n) is 5.09. The number of ether oxygens (including phenoxy) is 1. The van der Waals surface area contributed by atoms with Gasteiger partial charge in [0, 0.05) is 23.2 Å². The standard InChI is InChI=1S/C16H13N3O4S/c1-10-9-18-14(11(2)17-16(18)24-10)6-7-15(20)23-13-5-3-4-12(8-13)19(21)22/h3-9H,1-2H3. The Morgan fingerprint density at radius 1 is 1.42 bits per heavy atom. The third-order valence-electron chi connectivity index (χ3n) is 3.29. The first-order valence-corrected chi connectivity index (χ1v) is 7.85. The molecule has 0 spiro atoms. The fourth-order valence-electron chi connectivity index (χ4n) is 2.24. The van der Waals surface area contributed by atoms with Crippen LogP contribution >= 0.6 is 11.3 Å². The molecular formula is C16H13N3O4S. The predicted molar refractivity (Wildman–Crippen MR) is 90.3 cm³/mol. The minimum absolute atomic E-state index is 0.125. The molecule has 0 saturated heterocycles. The molecule has 7 nitrogen and oxygen atoms in total. The third kappa shape index (κ3) is 3.18. The van der Waals surface area contributed by atoms with Crippen LogP contribution in [-0.4, -0.2) is 20.3 Å². The number of carbonyl (C=O) groups is 1. The summed E-state index contributed by atoms with van der Waals surface area (Å²) in [6.07, 6.45) is 4.86. The number of hydrogen-bond acceptors (Lipinski definition) is 6. The van der Waals surface area contributed by atoms with Crippen LogP contribution in [0.15, 0.2) is 36.5 Å². The third-order valence-corrected chi connectivity index (χ3v) is 4.18. The monoisotopic (exact) mass is 343 g/mol. The van der Waals surface area contributed by atoms with Gasteiger partial charge in [-0.15, -0.1) is 11.3 Å². The summed E-state index contributed by atoms with van der Waals surface area (Å²) in [6.45, 7) is 3.85. The number of aromatic nitrogens is 2. The van der Waals surface area contributed by atoms with Crippen molar-refractivity contribution in [3.05, 3.63) is 62.9 Å². The molecule has 0 unspecified atom stereocenters. The van der Waals surface area contributed by atoms with E-state index in [4.69, 9.17) is 4.74 Å². The van der Waals surface area contributed by atoms with Gasteiger partial charge in [0.05, 0.1) is 22.4 Å². The van der Waals surface area contributed by atoms with Crippen molar-refractivity contribution in [2.45, 2.75) is 13.8 Å². The van der Waals surface area contributed by atoms with Crippen molar-refractivity contribution in [2.75, 3.05) is 0 Å². The topological polar surface area (TPSA) is 86.7 Å². The molecule has 0 bridgehead atoms. The van der Waals surface area contributed by atoms with Gasteiger partial charge in [-0.2, -0.15) is 0 Å². The summed E-state index contributed by atoms with van der Waals surface area (Å²) < 4.78 is 7.01. The van der Waals surface area contributed by atoms with E-state index in [1.165, 1.54) is 30.3 Å². The number of nitro groups is 1. The average molecular weight is 343 g/mol. The van der Waals surface area contributed by atoms with Crippen molar-refractivity contribution in [1.82, 2.24) is 9.38 Å². The number of nitro benzene ring substituents is 1. The zero-order chi connectivity index (χ0) is 17.3. The smallest absolute Gasteiger partial charge is 0.336 e. The van der Waals surface area contributed by atoms with Crippen molar-refractivity contribution in [3.8, 4) is 5.75 Å². The van der Waals surface area contributed by atoms with E-state index in [0.29, 0.717) is 0 Å². The van der Waals surface area contributed by atoms with Gasteiger partial charge in [0.1, 0.15) is 5.75 Å². The number of rotatable bonds is 4. The van der Waals surface area contributed by atoms with Gasteiger partial charge in [-0.05, 0) is 26.0 Å². The Bertz CT molecular complexity index is 971.